The highest BCUT2D eigenvalue weighted by Crippen LogP contribution is 2.50. The van der Waals surface area contributed by atoms with E-state index in [0.29, 0.717) is 12.3 Å². The van der Waals surface area contributed by atoms with E-state index in [-0.39, 0.29) is 35.4 Å². The minimum atomic E-state index is -0.177. The van der Waals surface area contributed by atoms with Crippen molar-refractivity contribution >= 4 is 23.2 Å². The highest BCUT2D eigenvalue weighted by atomic mass is 16.5. The van der Waals surface area contributed by atoms with Crippen molar-refractivity contribution in [1.29, 1.82) is 0 Å². The maximum Gasteiger partial charge on any atom is 0.294 e. The molecule has 0 saturated carbocycles. The number of rotatable bonds is 11. The molecule has 3 heterocycles. The molecule has 3 unspecified atom stereocenters. The van der Waals surface area contributed by atoms with Gasteiger partial charge in [0.15, 0.2) is 5.76 Å². The number of benzene rings is 1. The first-order valence-electron chi connectivity index (χ1n) is 14.9. The molecule has 1 saturated heterocycles. The zero-order valence-corrected chi connectivity index (χ0v) is 24.5. The first-order chi connectivity index (χ1) is 18.8. The van der Waals surface area contributed by atoms with Gasteiger partial charge in [0.05, 0.1) is 23.7 Å². The summed E-state index contributed by atoms with van der Waals surface area (Å²) in [5.74, 6) is 0.391. The van der Waals surface area contributed by atoms with Crippen LogP contribution in [-0.2, 0) is 9.53 Å². The van der Waals surface area contributed by atoms with Crippen molar-refractivity contribution in [1.82, 2.24) is 5.32 Å². The van der Waals surface area contributed by atoms with Crippen molar-refractivity contribution in [2.45, 2.75) is 104 Å². The standard InChI is InChI=1S/C32H47N3O4/c1-6-8-9-10-11-12-17-32(7-2)20-30(38-5)33-21-26(32)25-15-16-27-28(19-25)34(22-23(3)35(27)24(4)36)31(37)29-14-13-18-39-29/h13-16,18-19,23,26,30,33H,6-12,17,20-22H2,1-5H3/t23-,26?,30?,32?/m0/s1. The van der Waals surface area contributed by atoms with Gasteiger partial charge in [0, 0.05) is 33.0 Å². The van der Waals surface area contributed by atoms with Gasteiger partial charge in [0.2, 0.25) is 5.91 Å². The molecule has 2 aliphatic heterocycles. The average molecular weight is 538 g/mol. The van der Waals surface area contributed by atoms with E-state index in [1.165, 1.54) is 50.4 Å². The number of hydrogen-bond donors (Lipinski definition) is 1. The van der Waals surface area contributed by atoms with Gasteiger partial charge in [0.1, 0.15) is 6.23 Å². The molecule has 2 aliphatic rings. The molecule has 0 spiro atoms. The summed E-state index contributed by atoms with van der Waals surface area (Å²) in [6.45, 7) is 9.39. The smallest absolute Gasteiger partial charge is 0.294 e. The van der Waals surface area contributed by atoms with Gasteiger partial charge in [-0.15, -0.1) is 0 Å². The van der Waals surface area contributed by atoms with Crippen LogP contribution >= 0.6 is 0 Å². The molecule has 1 aromatic carbocycles. The van der Waals surface area contributed by atoms with Gasteiger partial charge < -0.3 is 19.0 Å². The van der Waals surface area contributed by atoms with E-state index in [1.54, 1.807) is 31.1 Å². The molecule has 4 rings (SSSR count). The molecule has 0 radical (unpaired) electrons. The predicted octanol–water partition coefficient (Wildman–Crippen LogP) is 6.88. The fourth-order valence-corrected chi connectivity index (χ4v) is 6.85. The highest BCUT2D eigenvalue weighted by Gasteiger charge is 2.44. The van der Waals surface area contributed by atoms with Gasteiger partial charge in [-0.05, 0) is 61.4 Å². The number of carbonyl (C=O) groups excluding carboxylic acids is 2. The Labute approximate surface area is 234 Å². The quantitative estimate of drug-likeness (QED) is 0.316. The maximum atomic E-state index is 13.5. The number of carbonyl (C=O) groups is 2. The lowest BCUT2D eigenvalue weighted by Gasteiger charge is -2.48. The van der Waals surface area contributed by atoms with E-state index in [1.807, 2.05) is 17.9 Å². The van der Waals surface area contributed by atoms with Gasteiger partial charge in [0.25, 0.3) is 5.91 Å². The number of unbranched alkanes of at least 4 members (excludes halogenated alkanes) is 5. The Balaban J connectivity index is 1.69. The third-order valence-electron chi connectivity index (χ3n) is 9.05. The SMILES string of the molecule is CCCCCCCCC1(CC)CC(OC)NCC1c1ccc2c(c1)N(C(=O)c1ccco1)C[C@H](C)N2C(C)=O. The van der Waals surface area contributed by atoms with Crippen molar-refractivity contribution in [3.8, 4) is 0 Å². The second-order valence-electron chi connectivity index (χ2n) is 11.5. The summed E-state index contributed by atoms with van der Waals surface area (Å²) in [4.78, 5) is 29.8. The first kappa shape index (κ1) is 29.3. The van der Waals surface area contributed by atoms with Crippen LogP contribution in [0.5, 0.6) is 0 Å². The molecule has 1 N–H and O–H groups in total. The number of nitrogens with zero attached hydrogens (tertiary/aromatic N) is 2. The van der Waals surface area contributed by atoms with Crippen LogP contribution in [-0.4, -0.2) is 44.3 Å². The Hall–Kier alpha value is -2.64. The van der Waals surface area contributed by atoms with Crippen LogP contribution in [0.4, 0.5) is 11.4 Å². The minimum Gasteiger partial charge on any atom is -0.459 e. The van der Waals surface area contributed by atoms with Crippen LogP contribution in [0.25, 0.3) is 0 Å². The van der Waals surface area contributed by atoms with E-state index in [2.05, 4.69) is 31.3 Å². The van der Waals surface area contributed by atoms with Gasteiger partial charge in [-0.2, -0.15) is 0 Å². The Morgan fingerprint density at radius 2 is 1.87 bits per heavy atom. The Morgan fingerprint density at radius 1 is 1.10 bits per heavy atom. The summed E-state index contributed by atoms with van der Waals surface area (Å²) in [5, 5.41) is 3.61. The lowest BCUT2D eigenvalue weighted by molar-refractivity contribution is -0.117. The van der Waals surface area contributed by atoms with Crippen molar-refractivity contribution in [3.63, 3.8) is 0 Å². The fourth-order valence-electron chi connectivity index (χ4n) is 6.85. The van der Waals surface area contributed by atoms with E-state index in [0.717, 1.165) is 37.2 Å². The summed E-state index contributed by atoms with van der Waals surface area (Å²) in [7, 11) is 1.79. The van der Waals surface area contributed by atoms with Crippen molar-refractivity contribution in [2.24, 2.45) is 5.41 Å². The van der Waals surface area contributed by atoms with Gasteiger partial charge in [-0.25, -0.2) is 0 Å². The van der Waals surface area contributed by atoms with Crippen LogP contribution in [0, 0.1) is 5.41 Å². The predicted molar refractivity (Wildman–Crippen MR) is 156 cm³/mol. The number of piperidine rings is 1. The molecule has 2 aromatic rings. The molecular weight excluding hydrogens is 490 g/mol. The molecule has 214 valence electrons. The van der Waals surface area contributed by atoms with Crippen molar-refractivity contribution < 1.29 is 18.7 Å². The van der Waals surface area contributed by atoms with E-state index >= 15 is 0 Å². The molecule has 0 aliphatic carbocycles. The Morgan fingerprint density at radius 3 is 2.54 bits per heavy atom. The van der Waals surface area contributed by atoms with Crippen molar-refractivity contribution in [3.05, 3.63) is 47.9 Å². The second-order valence-corrected chi connectivity index (χ2v) is 11.5. The summed E-state index contributed by atoms with van der Waals surface area (Å²) < 4.78 is 11.3. The van der Waals surface area contributed by atoms with Gasteiger partial charge >= 0.3 is 0 Å². The summed E-state index contributed by atoms with van der Waals surface area (Å²) >= 11 is 0. The average Bonchev–Trinajstić information content (AvgIpc) is 3.48. The summed E-state index contributed by atoms with van der Waals surface area (Å²) in [6, 6.07) is 9.67. The number of fused-ring (bicyclic) bond motifs is 1. The molecule has 2 amide bonds. The van der Waals surface area contributed by atoms with Crippen LogP contribution < -0.4 is 15.1 Å². The lowest BCUT2D eigenvalue weighted by Crippen LogP contribution is -2.52. The molecule has 1 aromatic heterocycles. The third kappa shape index (κ3) is 6.25. The Kier molecular flexibility index (Phi) is 9.89. The van der Waals surface area contributed by atoms with Crippen LogP contribution in [0.15, 0.2) is 41.0 Å². The van der Waals surface area contributed by atoms with E-state index < -0.39 is 0 Å². The number of nitrogens with one attached hydrogen (secondary N) is 1. The molecule has 1 fully saturated rings. The third-order valence-corrected chi connectivity index (χ3v) is 9.05. The molecular formula is C32H47N3O4. The highest BCUT2D eigenvalue weighted by molar-refractivity contribution is 6.09. The molecule has 39 heavy (non-hydrogen) atoms. The van der Waals surface area contributed by atoms with Crippen molar-refractivity contribution in [2.75, 3.05) is 30.0 Å². The van der Waals surface area contributed by atoms with Crippen LogP contribution in [0.3, 0.4) is 0 Å². The molecule has 4 atom stereocenters. The van der Waals surface area contributed by atoms with E-state index in [4.69, 9.17) is 9.15 Å². The first-order valence-corrected chi connectivity index (χ1v) is 14.9. The fraction of sp³-hybridized carbons (Fsp3) is 0.625. The zero-order valence-electron chi connectivity index (χ0n) is 24.5. The number of amides is 2. The van der Waals surface area contributed by atoms with Gasteiger partial charge in [-0.3, -0.25) is 14.9 Å². The summed E-state index contributed by atoms with van der Waals surface area (Å²) in [5.41, 5.74) is 2.87. The maximum absolute atomic E-state index is 13.5. The van der Waals surface area contributed by atoms with Gasteiger partial charge in [-0.1, -0.05) is 58.4 Å². The molecule has 0 bridgehead atoms. The second kappa shape index (κ2) is 13.1. The molecule has 7 nitrogen and oxygen atoms in total. The minimum absolute atomic E-state index is 0.0187. The summed E-state index contributed by atoms with van der Waals surface area (Å²) in [6.07, 6.45) is 12.4. The largest absolute Gasteiger partial charge is 0.459 e. The number of ether oxygens (including phenoxy) is 1. The topological polar surface area (TPSA) is 75.0 Å². The normalized spacial score (nSPS) is 25.0. The number of anilines is 2. The lowest BCUT2D eigenvalue weighted by atomic mass is 9.63. The Bertz CT molecular complexity index is 1100. The number of hydrogen-bond acceptors (Lipinski definition) is 5. The van der Waals surface area contributed by atoms with Crippen LogP contribution in [0.1, 0.15) is 108 Å². The zero-order chi connectivity index (χ0) is 28.0. The number of methoxy groups -OCH3 is 1. The van der Waals surface area contributed by atoms with Crippen LogP contribution in [0.2, 0.25) is 0 Å². The number of furan rings is 1. The van der Waals surface area contributed by atoms with E-state index in [9.17, 15) is 9.59 Å². The monoisotopic (exact) mass is 537 g/mol. The molecule has 7 heteroatoms.